The van der Waals surface area contributed by atoms with Crippen molar-refractivity contribution in [2.75, 3.05) is 0 Å². The van der Waals surface area contributed by atoms with Crippen LogP contribution in [0.4, 0.5) is 11.5 Å². The third kappa shape index (κ3) is 1.32. The molecule has 0 spiro atoms. The summed E-state index contributed by atoms with van der Waals surface area (Å²) in [6, 6.07) is 0. The zero-order valence-corrected chi connectivity index (χ0v) is 6.53. The van der Waals surface area contributed by atoms with E-state index in [1.807, 2.05) is 0 Å². The molecule has 7 nitrogen and oxygen atoms in total. The third-order valence-corrected chi connectivity index (χ3v) is 1.33. The van der Waals surface area contributed by atoms with Crippen LogP contribution in [0.25, 0.3) is 0 Å². The molecule has 1 aromatic rings. The second kappa shape index (κ2) is 3.13. The molecule has 62 valence electrons. The Hall–Kier alpha value is -1.70. The van der Waals surface area contributed by atoms with Crippen LogP contribution in [-0.2, 0) is 0 Å². The van der Waals surface area contributed by atoms with Crippen molar-refractivity contribution >= 4 is 23.7 Å². The van der Waals surface area contributed by atoms with Gasteiger partial charge in [0.1, 0.15) is 0 Å². The first kappa shape index (κ1) is 8.40. The fourth-order valence-electron chi connectivity index (χ4n) is 0.652. The molecule has 0 radical (unpaired) electrons. The molecule has 0 aliphatic rings. The van der Waals surface area contributed by atoms with Crippen molar-refractivity contribution in [3.8, 4) is 0 Å². The molecule has 1 rings (SSSR count). The molecule has 12 heavy (non-hydrogen) atoms. The van der Waals surface area contributed by atoms with E-state index in [0.29, 0.717) is 0 Å². The van der Waals surface area contributed by atoms with Crippen molar-refractivity contribution < 1.29 is 0 Å². The predicted octanol–water partition coefficient (Wildman–Crippen LogP) is 1.76. The molecule has 8 heteroatoms. The fourth-order valence-corrected chi connectivity index (χ4v) is 0.842. The lowest BCUT2D eigenvalue weighted by Gasteiger charge is -1.93. The summed E-state index contributed by atoms with van der Waals surface area (Å²) < 4.78 is 0.0541. The average Bonchev–Trinajstić information content (AvgIpc) is 2.03. The number of hydrogen-bond donors (Lipinski definition) is 4. The van der Waals surface area contributed by atoms with E-state index in [0.717, 1.165) is 0 Å². The maximum absolute atomic E-state index is 11.0. The Kier molecular flexibility index (Phi) is 2.19. The van der Waals surface area contributed by atoms with E-state index >= 15 is 0 Å². The summed E-state index contributed by atoms with van der Waals surface area (Å²) >= 11 is 4.60. The zero-order valence-electron chi connectivity index (χ0n) is 5.71. The van der Waals surface area contributed by atoms with Gasteiger partial charge in [-0.3, -0.25) is 9.78 Å². The van der Waals surface area contributed by atoms with Gasteiger partial charge in [0, 0.05) is 0 Å². The van der Waals surface area contributed by atoms with Crippen molar-refractivity contribution in [2.24, 2.45) is 10.2 Å². The lowest BCUT2D eigenvalue weighted by molar-refractivity contribution is 0.992. The summed E-state index contributed by atoms with van der Waals surface area (Å²) in [5, 5.41) is 5.85. The topological polar surface area (TPSA) is 121 Å². The van der Waals surface area contributed by atoms with E-state index in [4.69, 9.17) is 11.1 Å². The van der Waals surface area contributed by atoms with Crippen LogP contribution in [0.2, 0.25) is 0 Å². The van der Waals surface area contributed by atoms with Gasteiger partial charge >= 0.3 is 0 Å². The maximum Gasteiger partial charge on any atom is 0.281 e. The molecule has 0 unspecified atom stereocenters. The molecular weight excluding hydrogens is 180 g/mol. The summed E-state index contributed by atoms with van der Waals surface area (Å²) in [6.45, 7) is 0. The minimum atomic E-state index is -0.625. The molecule has 0 fully saturated rings. The standard InChI is InChI=1S/C4H4N6OS/c5-9-1-2(10-6)7-4(12)8-3(1)11/h5-6H,(H2,7,8,11,12). The fraction of sp³-hybridized carbons (Fsp3) is 0. The molecule has 1 heterocycles. The van der Waals surface area contributed by atoms with Crippen LogP contribution in [0.3, 0.4) is 0 Å². The molecule has 0 aromatic carbocycles. The summed E-state index contributed by atoms with van der Waals surface area (Å²) in [5.41, 5.74) is 12.4. The van der Waals surface area contributed by atoms with Crippen LogP contribution in [0.15, 0.2) is 15.0 Å². The molecule has 0 saturated heterocycles. The Morgan fingerprint density at radius 2 is 1.92 bits per heavy atom. The number of rotatable bonds is 2. The average molecular weight is 184 g/mol. The molecule has 0 saturated carbocycles. The van der Waals surface area contributed by atoms with Crippen molar-refractivity contribution in [1.82, 2.24) is 9.97 Å². The van der Waals surface area contributed by atoms with Crippen LogP contribution < -0.4 is 5.56 Å². The second-order valence-electron chi connectivity index (χ2n) is 1.83. The lowest BCUT2D eigenvalue weighted by Crippen LogP contribution is -2.06. The number of hydrogen-bond acceptors (Lipinski definition) is 6. The summed E-state index contributed by atoms with van der Waals surface area (Å²) in [5.74, 6) is -0.112. The number of H-pyrrole nitrogens is 2. The Balaban J connectivity index is 3.66. The Bertz CT molecular complexity index is 430. The smallest absolute Gasteiger partial charge is 0.281 e. The Morgan fingerprint density at radius 3 is 2.42 bits per heavy atom. The van der Waals surface area contributed by atoms with Crippen LogP contribution in [-0.4, -0.2) is 9.97 Å². The predicted molar refractivity (Wildman–Crippen MR) is 41.9 cm³/mol. The van der Waals surface area contributed by atoms with Gasteiger partial charge in [-0.25, -0.2) is 11.1 Å². The minimum Gasteiger partial charge on any atom is -0.314 e. The van der Waals surface area contributed by atoms with Crippen LogP contribution in [0, 0.1) is 15.8 Å². The number of aromatic nitrogens is 2. The molecule has 4 N–H and O–H groups in total. The van der Waals surface area contributed by atoms with E-state index in [1.54, 1.807) is 0 Å². The molecule has 0 aliphatic heterocycles. The highest BCUT2D eigenvalue weighted by molar-refractivity contribution is 7.71. The first-order chi connectivity index (χ1) is 5.69. The molecular formula is C4H4N6OS. The first-order valence-electron chi connectivity index (χ1n) is 2.80. The van der Waals surface area contributed by atoms with Crippen LogP contribution in [0.5, 0.6) is 0 Å². The van der Waals surface area contributed by atoms with Gasteiger partial charge in [-0.05, 0) is 12.2 Å². The van der Waals surface area contributed by atoms with Gasteiger partial charge in [-0.1, -0.05) is 0 Å². The van der Waals surface area contributed by atoms with Crippen molar-refractivity contribution in [3.05, 3.63) is 15.1 Å². The molecule has 0 atom stereocenters. The van der Waals surface area contributed by atoms with Gasteiger partial charge in [0.05, 0.1) is 0 Å². The Labute approximate surface area is 70.9 Å². The van der Waals surface area contributed by atoms with Gasteiger partial charge in [0.25, 0.3) is 5.56 Å². The van der Waals surface area contributed by atoms with Crippen molar-refractivity contribution in [2.45, 2.75) is 0 Å². The molecule has 0 bridgehead atoms. The number of nitrogens with zero attached hydrogens (tertiary/aromatic N) is 2. The monoisotopic (exact) mass is 184 g/mol. The summed E-state index contributed by atoms with van der Waals surface area (Å²) in [4.78, 5) is 15.6. The van der Waals surface area contributed by atoms with Crippen molar-refractivity contribution in [3.63, 3.8) is 0 Å². The first-order valence-corrected chi connectivity index (χ1v) is 3.21. The Morgan fingerprint density at radius 1 is 1.25 bits per heavy atom. The van der Waals surface area contributed by atoms with Crippen LogP contribution in [0.1, 0.15) is 0 Å². The van der Waals surface area contributed by atoms with E-state index in [2.05, 4.69) is 32.4 Å². The maximum atomic E-state index is 11.0. The minimum absolute atomic E-state index is 0.0541. The second-order valence-corrected chi connectivity index (χ2v) is 2.24. The van der Waals surface area contributed by atoms with Gasteiger partial charge in [-0.2, -0.15) is 0 Å². The highest BCUT2D eigenvalue weighted by atomic mass is 32.1. The summed E-state index contributed by atoms with van der Waals surface area (Å²) in [6.07, 6.45) is 0. The van der Waals surface area contributed by atoms with Gasteiger partial charge in [0.15, 0.2) is 16.3 Å². The zero-order chi connectivity index (χ0) is 9.14. The SMILES string of the molecule is N=Nc1[nH]c(=S)[nH]c(=O)c1N=N. The van der Waals surface area contributed by atoms with E-state index in [1.165, 1.54) is 0 Å². The van der Waals surface area contributed by atoms with Gasteiger partial charge < -0.3 is 4.98 Å². The van der Waals surface area contributed by atoms with Crippen LogP contribution >= 0.6 is 12.2 Å². The highest BCUT2D eigenvalue weighted by Gasteiger charge is 2.05. The van der Waals surface area contributed by atoms with E-state index in [-0.39, 0.29) is 16.3 Å². The molecule has 1 aromatic heterocycles. The highest BCUT2D eigenvalue weighted by Crippen LogP contribution is 2.18. The largest absolute Gasteiger partial charge is 0.314 e. The molecule has 0 amide bonds. The third-order valence-electron chi connectivity index (χ3n) is 1.12. The quantitative estimate of drug-likeness (QED) is 0.413. The summed E-state index contributed by atoms with van der Waals surface area (Å²) in [7, 11) is 0. The van der Waals surface area contributed by atoms with Gasteiger partial charge in [-0.15, -0.1) is 10.2 Å². The molecule has 0 aliphatic carbocycles. The van der Waals surface area contributed by atoms with Gasteiger partial charge in [0.2, 0.25) is 0 Å². The van der Waals surface area contributed by atoms with E-state index in [9.17, 15) is 4.79 Å². The lowest BCUT2D eigenvalue weighted by atomic mass is 10.5. The van der Waals surface area contributed by atoms with Crippen molar-refractivity contribution in [1.29, 1.82) is 11.1 Å². The normalized spacial score (nSPS) is 9.33. The number of aromatic amines is 2. The number of nitrogens with one attached hydrogen (secondary N) is 4. The van der Waals surface area contributed by atoms with E-state index < -0.39 is 5.56 Å².